The van der Waals surface area contributed by atoms with Crippen LogP contribution in [0.2, 0.25) is 0 Å². The van der Waals surface area contributed by atoms with Gasteiger partial charge in [-0.25, -0.2) is 0 Å². The minimum absolute atomic E-state index is 0.825. The number of benzene rings is 3. The van der Waals surface area contributed by atoms with E-state index >= 15 is 0 Å². The second-order valence-electron chi connectivity index (χ2n) is 4.91. The van der Waals surface area contributed by atoms with Crippen molar-refractivity contribution in [2.24, 2.45) is 10.2 Å². The van der Waals surface area contributed by atoms with E-state index in [1.807, 2.05) is 42.5 Å². The number of nitrogens with zero attached hydrogens (tertiary/aromatic N) is 3. The van der Waals surface area contributed by atoms with E-state index in [0.717, 1.165) is 22.6 Å². The Labute approximate surface area is 122 Å². The second kappa shape index (κ2) is 4.87. The zero-order valence-corrected chi connectivity index (χ0v) is 11.3. The number of hydrogen-bond acceptors (Lipinski definition) is 2. The molecule has 0 saturated carbocycles. The molecule has 3 aromatic rings. The molecule has 1 aliphatic rings. The normalized spacial score (nSPS) is 13.7. The van der Waals surface area contributed by atoms with Crippen molar-refractivity contribution in [1.82, 2.24) is 5.53 Å². The fourth-order valence-electron chi connectivity index (χ4n) is 2.53. The van der Waals surface area contributed by atoms with Gasteiger partial charge in [0.1, 0.15) is 11.4 Å². The molecule has 0 N–H and O–H groups in total. The van der Waals surface area contributed by atoms with Gasteiger partial charge in [0.05, 0.1) is 0 Å². The number of rotatable bonds is 2. The van der Waals surface area contributed by atoms with E-state index in [0.29, 0.717) is 0 Å². The van der Waals surface area contributed by atoms with Gasteiger partial charge < -0.3 is 0 Å². The van der Waals surface area contributed by atoms with Crippen LogP contribution in [0.3, 0.4) is 0 Å². The van der Waals surface area contributed by atoms with Crippen molar-refractivity contribution in [3.8, 4) is 0 Å². The summed E-state index contributed by atoms with van der Waals surface area (Å²) >= 11 is 0. The largest absolute Gasteiger partial charge is 0.128 e. The summed E-state index contributed by atoms with van der Waals surface area (Å²) in [7, 11) is 0. The highest BCUT2D eigenvalue weighted by atomic mass is 15.5. The zero-order valence-electron chi connectivity index (χ0n) is 11.3. The molecule has 0 atom stereocenters. The molecule has 0 amide bonds. The summed E-state index contributed by atoms with van der Waals surface area (Å²) < 4.78 is 0. The molecule has 0 bridgehead atoms. The molecule has 0 aromatic heterocycles. The van der Waals surface area contributed by atoms with Crippen LogP contribution >= 0.6 is 0 Å². The quantitative estimate of drug-likeness (QED) is 0.683. The van der Waals surface area contributed by atoms with E-state index in [1.54, 1.807) is 0 Å². The Morgan fingerprint density at radius 1 is 0.524 bits per heavy atom. The third kappa shape index (κ3) is 2.09. The van der Waals surface area contributed by atoms with Crippen LogP contribution in [-0.2, 0) is 0 Å². The van der Waals surface area contributed by atoms with Crippen molar-refractivity contribution in [1.29, 1.82) is 0 Å². The second-order valence-corrected chi connectivity index (χ2v) is 4.91. The highest BCUT2D eigenvalue weighted by molar-refractivity contribution is 6.54. The molecule has 3 nitrogen and oxygen atoms in total. The van der Waals surface area contributed by atoms with E-state index in [9.17, 15) is 0 Å². The molecular weight excluding hydrogens is 258 g/mol. The van der Waals surface area contributed by atoms with Gasteiger partial charge >= 0.3 is 0 Å². The lowest BCUT2D eigenvalue weighted by Gasteiger charge is -2.06. The lowest BCUT2D eigenvalue weighted by molar-refractivity contribution is 0.811. The molecule has 0 spiro atoms. The Hall–Kier alpha value is -2.94. The van der Waals surface area contributed by atoms with E-state index in [4.69, 9.17) is 0 Å². The molecule has 3 aromatic carbocycles. The maximum absolute atomic E-state index is 4.21. The molecule has 0 saturated heterocycles. The maximum Gasteiger partial charge on any atom is 0.123 e. The molecule has 1 heterocycles. The first-order valence-electron chi connectivity index (χ1n) is 6.82. The van der Waals surface area contributed by atoms with Crippen LogP contribution in [0.25, 0.3) is 10.8 Å². The topological polar surface area (TPSA) is 38.8 Å². The predicted octanol–water partition coefficient (Wildman–Crippen LogP) is 3.57. The zero-order chi connectivity index (χ0) is 14.1. The van der Waals surface area contributed by atoms with Crippen LogP contribution in [0.1, 0.15) is 11.1 Å². The van der Waals surface area contributed by atoms with Gasteiger partial charge in [-0.2, -0.15) is 0 Å². The van der Waals surface area contributed by atoms with Crippen LogP contribution < -0.4 is 5.53 Å². The average Bonchev–Trinajstić information content (AvgIpc) is 3.05. The summed E-state index contributed by atoms with van der Waals surface area (Å²) in [5.74, 6) is 0. The lowest BCUT2D eigenvalue weighted by atomic mass is 9.98. The molecule has 1 aliphatic heterocycles. The highest BCUT2D eigenvalue weighted by Crippen LogP contribution is 2.19. The fourth-order valence-corrected chi connectivity index (χ4v) is 2.53. The first-order chi connectivity index (χ1) is 10.4. The van der Waals surface area contributed by atoms with Gasteiger partial charge in [0.15, 0.2) is 0 Å². The smallest absolute Gasteiger partial charge is 0.123 e. The van der Waals surface area contributed by atoms with Crippen molar-refractivity contribution in [3.05, 3.63) is 83.9 Å². The van der Waals surface area contributed by atoms with Crippen molar-refractivity contribution in [2.75, 3.05) is 0 Å². The van der Waals surface area contributed by atoms with Gasteiger partial charge in [-0.1, -0.05) is 66.7 Å². The molecule has 21 heavy (non-hydrogen) atoms. The molecule has 1 radical (unpaired) electrons. The van der Waals surface area contributed by atoms with E-state index in [2.05, 4.69) is 46.1 Å². The minimum atomic E-state index is 0.825. The fraction of sp³-hybridized carbons (Fsp3) is 0. The maximum atomic E-state index is 4.21. The Balaban J connectivity index is 1.80. The Kier molecular flexibility index (Phi) is 2.75. The van der Waals surface area contributed by atoms with Gasteiger partial charge in [-0.3, -0.25) is 0 Å². The van der Waals surface area contributed by atoms with E-state index < -0.39 is 0 Å². The van der Waals surface area contributed by atoms with Crippen LogP contribution in [0.4, 0.5) is 0 Å². The standard InChI is InChI=1S/C18H12N3/c1-2-7-14(8-3-1)17-18(20-21-19-17)16-11-10-13-6-4-5-9-15(13)12-16/h1-12H. The van der Waals surface area contributed by atoms with Crippen molar-refractivity contribution >= 4 is 22.2 Å². The third-order valence-corrected chi connectivity index (χ3v) is 3.58. The summed E-state index contributed by atoms with van der Waals surface area (Å²) in [6.45, 7) is 0. The van der Waals surface area contributed by atoms with Gasteiger partial charge in [0, 0.05) is 11.1 Å². The SMILES string of the molecule is c1ccc(C2=N[N]N=C2c2ccc3ccccc3c2)cc1. The number of hydrogen-bond donors (Lipinski definition) is 0. The summed E-state index contributed by atoms with van der Waals surface area (Å²) in [6.07, 6.45) is 0. The minimum Gasteiger partial charge on any atom is -0.128 e. The summed E-state index contributed by atoms with van der Waals surface area (Å²) in [5.41, 5.74) is 7.58. The van der Waals surface area contributed by atoms with Gasteiger partial charge in [0.25, 0.3) is 0 Å². The lowest BCUT2D eigenvalue weighted by Crippen LogP contribution is -2.13. The molecule has 99 valence electrons. The number of fused-ring (bicyclic) bond motifs is 1. The van der Waals surface area contributed by atoms with Gasteiger partial charge in [-0.15, -0.1) is 10.2 Å². The Morgan fingerprint density at radius 3 is 2.00 bits per heavy atom. The Bertz CT molecular complexity index is 864. The predicted molar refractivity (Wildman–Crippen MR) is 85.6 cm³/mol. The molecule has 0 fully saturated rings. The monoisotopic (exact) mass is 270 g/mol. The van der Waals surface area contributed by atoms with Gasteiger partial charge in [-0.05, 0) is 22.4 Å². The molecular formula is C18H12N3. The van der Waals surface area contributed by atoms with E-state index in [1.165, 1.54) is 10.8 Å². The van der Waals surface area contributed by atoms with Crippen molar-refractivity contribution in [2.45, 2.75) is 0 Å². The molecule has 4 rings (SSSR count). The summed E-state index contributed by atoms with van der Waals surface area (Å²) in [4.78, 5) is 0. The summed E-state index contributed by atoms with van der Waals surface area (Å²) in [6, 6.07) is 24.6. The first kappa shape index (κ1) is 11.9. The van der Waals surface area contributed by atoms with Crippen LogP contribution in [-0.4, -0.2) is 11.4 Å². The van der Waals surface area contributed by atoms with Crippen LogP contribution in [0, 0.1) is 0 Å². The summed E-state index contributed by atoms with van der Waals surface area (Å²) in [5, 5.41) is 10.8. The van der Waals surface area contributed by atoms with E-state index in [-0.39, 0.29) is 0 Å². The van der Waals surface area contributed by atoms with Crippen molar-refractivity contribution < 1.29 is 0 Å². The third-order valence-electron chi connectivity index (χ3n) is 3.58. The molecule has 0 aliphatic carbocycles. The van der Waals surface area contributed by atoms with Crippen LogP contribution in [0.15, 0.2) is 83.0 Å². The highest BCUT2D eigenvalue weighted by Gasteiger charge is 2.19. The Morgan fingerprint density at radius 2 is 1.19 bits per heavy atom. The first-order valence-corrected chi connectivity index (χ1v) is 6.82. The molecule has 3 heteroatoms. The van der Waals surface area contributed by atoms with Gasteiger partial charge in [0.2, 0.25) is 0 Å². The molecule has 0 unspecified atom stereocenters. The average molecular weight is 270 g/mol. The van der Waals surface area contributed by atoms with Crippen molar-refractivity contribution in [3.63, 3.8) is 0 Å². The van der Waals surface area contributed by atoms with Crippen LogP contribution in [0.5, 0.6) is 0 Å².